The molecule has 0 radical (unpaired) electrons. The maximum atomic E-state index is 12.6. The number of thiazole rings is 1. The first-order valence-electron chi connectivity index (χ1n) is 7.02. The number of hydrogen-bond donors (Lipinski definition) is 1. The molecule has 0 aliphatic carbocycles. The van der Waals surface area contributed by atoms with E-state index in [0.29, 0.717) is 11.4 Å². The number of carbonyl (C=O) groups is 2. The Hall–Kier alpha value is -1.43. The number of carboxylic acid groups (broad SMARTS) is 1. The van der Waals surface area contributed by atoms with E-state index in [1.165, 1.54) is 11.3 Å². The Balaban J connectivity index is 2.15. The van der Waals surface area contributed by atoms with Crippen LogP contribution in [-0.4, -0.2) is 39.5 Å². The van der Waals surface area contributed by atoms with Crippen molar-refractivity contribution in [3.63, 3.8) is 0 Å². The fourth-order valence-electron chi connectivity index (χ4n) is 2.62. The van der Waals surface area contributed by atoms with Crippen molar-refractivity contribution in [1.82, 2.24) is 9.88 Å². The highest BCUT2D eigenvalue weighted by Gasteiger charge is 2.32. The number of hydrogen-bond acceptors (Lipinski definition) is 4. The second kappa shape index (κ2) is 6.35. The summed E-state index contributed by atoms with van der Waals surface area (Å²) in [5.41, 5.74) is 0.768. The monoisotopic (exact) mass is 296 g/mol. The highest BCUT2D eigenvalue weighted by Crippen LogP contribution is 2.27. The van der Waals surface area contributed by atoms with Gasteiger partial charge in [-0.1, -0.05) is 6.92 Å². The quantitative estimate of drug-likeness (QED) is 0.906. The van der Waals surface area contributed by atoms with Crippen molar-refractivity contribution in [2.75, 3.05) is 6.54 Å². The fourth-order valence-corrected chi connectivity index (χ4v) is 3.74. The Morgan fingerprint density at radius 2 is 2.25 bits per heavy atom. The number of aliphatic carboxylic acids is 1. The number of rotatable bonds is 5. The van der Waals surface area contributed by atoms with E-state index in [-0.39, 0.29) is 18.4 Å². The predicted molar refractivity (Wildman–Crippen MR) is 77.2 cm³/mol. The van der Waals surface area contributed by atoms with Gasteiger partial charge < -0.3 is 10.0 Å². The molecule has 0 saturated carbocycles. The van der Waals surface area contributed by atoms with Gasteiger partial charge in [-0.2, -0.15) is 0 Å². The molecule has 1 unspecified atom stereocenters. The van der Waals surface area contributed by atoms with Crippen molar-refractivity contribution in [1.29, 1.82) is 0 Å². The van der Waals surface area contributed by atoms with Crippen LogP contribution in [0.15, 0.2) is 0 Å². The van der Waals surface area contributed by atoms with Gasteiger partial charge in [0.25, 0.3) is 5.91 Å². The van der Waals surface area contributed by atoms with E-state index in [4.69, 9.17) is 5.11 Å². The molecule has 6 heteroatoms. The maximum Gasteiger partial charge on any atom is 0.305 e. The topological polar surface area (TPSA) is 70.5 Å². The molecule has 1 aliphatic rings. The number of aromatic nitrogens is 1. The zero-order chi connectivity index (χ0) is 14.7. The molecule has 1 amide bonds. The highest BCUT2D eigenvalue weighted by atomic mass is 32.1. The summed E-state index contributed by atoms with van der Waals surface area (Å²) >= 11 is 1.45. The Morgan fingerprint density at radius 3 is 2.90 bits per heavy atom. The van der Waals surface area contributed by atoms with Crippen LogP contribution < -0.4 is 0 Å². The molecule has 20 heavy (non-hydrogen) atoms. The lowest BCUT2D eigenvalue weighted by atomic mass is 10.1. The molecular weight excluding hydrogens is 276 g/mol. The first-order valence-corrected chi connectivity index (χ1v) is 7.83. The van der Waals surface area contributed by atoms with Crippen LogP contribution >= 0.6 is 11.3 Å². The molecule has 1 N–H and O–H groups in total. The summed E-state index contributed by atoms with van der Waals surface area (Å²) in [4.78, 5) is 30.3. The Kier molecular flexibility index (Phi) is 4.75. The number of carbonyl (C=O) groups excluding carboxylic acids is 1. The van der Waals surface area contributed by atoms with Gasteiger partial charge in [-0.25, -0.2) is 4.98 Å². The molecule has 1 aromatic heterocycles. The highest BCUT2D eigenvalue weighted by molar-refractivity contribution is 7.13. The SMILES string of the molecule is CCCc1nc(C)c(C(=O)N2CCCC2CC(=O)O)s1. The smallest absolute Gasteiger partial charge is 0.305 e. The van der Waals surface area contributed by atoms with Gasteiger partial charge in [-0.15, -0.1) is 11.3 Å². The van der Waals surface area contributed by atoms with Gasteiger partial charge in [0.1, 0.15) is 4.88 Å². The van der Waals surface area contributed by atoms with Crippen LogP contribution in [-0.2, 0) is 11.2 Å². The van der Waals surface area contributed by atoms with Gasteiger partial charge in [0.15, 0.2) is 0 Å². The van der Waals surface area contributed by atoms with Crippen LogP contribution in [0.5, 0.6) is 0 Å². The maximum absolute atomic E-state index is 12.6. The first-order chi connectivity index (χ1) is 9.52. The van der Waals surface area contributed by atoms with Crippen LogP contribution in [0.2, 0.25) is 0 Å². The summed E-state index contributed by atoms with van der Waals surface area (Å²) in [6, 6.07) is -0.170. The zero-order valence-electron chi connectivity index (χ0n) is 11.9. The van der Waals surface area contributed by atoms with Gasteiger partial charge in [0.2, 0.25) is 0 Å². The van der Waals surface area contributed by atoms with Crippen molar-refractivity contribution < 1.29 is 14.7 Å². The van der Waals surface area contributed by atoms with Crippen LogP contribution in [0.25, 0.3) is 0 Å². The number of carboxylic acids is 1. The molecule has 0 spiro atoms. The third kappa shape index (κ3) is 3.17. The van der Waals surface area contributed by atoms with Crippen molar-refractivity contribution >= 4 is 23.2 Å². The number of likely N-dealkylation sites (tertiary alicyclic amines) is 1. The lowest BCUT2D eigenvalue weighted by Crippen LogP contribution is -2.36. The predicted octanol–water partition coefficient (Wildman–Crippen LogP) is 2.48. The van der Waals surface area contributed by atoms with Gasteiger partial charge in [-0.3, -0.25) is 9.59 Å². The summed E-state index contributed by atoms with van der Waals surface area (Å²) in [6.45, 7) is 4.59. The van der Waals surface area contributed by atoms with E-state index in [9.17, 15) is 9.59 Å². The molecule has 1 fully saturated rings. The summed E-state index contributed by atoms with van der Waals surface area (Å²) in [7, 11) is 0. The van der Waals surface area contributed by atoms with Gasteiger partial charge in [0.05, 0.1) is 17.1 Å². The molecular formula is C14H20N2O3S. The molecule has 0 bridgehead atoms. The van der Waals surface area contributed by atoms with E-state index < -0.39 is 5.97 Å². The third-order valence-corrected chi connectivity index (χ3v) is 4.75. The van der Waals surface area contributed by atoms with Crippen molar-refractivity contribution in [2.45, 2.75) is 52.0 Å². The Labute approximate surface area is 122 Å². The zero-order valence-corrected chi connectivity index (χ0v) is 12.7. The Morgan fingerprint density at radius 1 is 1.50 bits per heavy atom. The molecule has 1 saturated heterocycles. The molecule has 110 valence electrons. The van der Waals surface area contributed by atoms with Gasteiger partial charge in [0, 0.05) is 12.6 Å². The number of amides is 1. The van der Waals surface area contributed by atoms with Gasteiger partial charge in [-0.05, 0) is 32.6 Å². The van der Waals surface area contributed by atoms with Crippen LogP contribution in [0, 0.1) is 6.92 Å². The summed E-state index contributed by atoms with van der Waals surface area (Å²) in [5.74, 6) is -0.895. The number of nitrogens with zero attached hydrogens (tertiary/aromatic N) is 2. The molecule has 1 aromatic rings. The molecule has 0 aromatic carbocycles. The van der Waals surface area contributed by atoms with Crippen molar-refractivity contribution in [3.8, 4) is 0 Å². The lowest BCUT2D eigenvalue weighted by Gasteiger charge is -2.22. The average molecular weight is 296 g/mol. The van der Waals surface area contributed by atoms with Crippen molar-refractivity contribution in [2.24, 2.45) is 0 Å². The second-order valence-corrected chi connectivity index (χ2v) is 6.25. The summed E-state index contributed by atoms with van der Waals surface area (Å²) < 4.78 is 0. The molecule has 1 atom stereocenters. The summed E-state index contributed by atoms with van der Waals surface area (Å²) in [6.07, 6.45) is 3.58. The summed E-state index contributed by atoms with van der Waals surface area (Å²) in [5, 5.41) is 9.91. The molecule has 2 heterocycles. The average Bonchev–Trinajstić information content (AvgIpc) is 2.95. The largest absolute Gasteiger partial charge is 0.481 e. The van der Waals surface area contributed by atoms with Gasteiger partial charge >= 0.3 is 5.97 Å². The van der Waals surface area contributed by atoms with E-state index in [1.807, 2.05) is 6.92 Å². The molecule has 2 rings (SSSR count). The van der Waals surface area contributed by atoms with E-state index in [2.05, 4.69) is 11.9 Å². The minimum atomic E-state index is -0.845. The molecule has 1 aliphatic heterocycles. The third-order valence-electron chi connectivity index (χ3n) is 3.55. The van der Waals surface area contributed by atoms with E-state index in [1.54, 1.807) is 4.90 Å². The van der Waals surface area contributed by atoms with Crippen molar-refractivity contribution in [3.05, 3.63) is 15.6 Å². The second-order valence-electron chi connectivity index (χ2n) is 5.16. The lowest BCUT2D eigenvalue weighted by molar-refractivity contribution is -0.137. The number of aryl methyl sites for hydroxylation is 2. The Bertz CT molecular complexity index is 513. The van der Waals surface area contributed by atoms with Crippen LogP contribution in [0.4, 0.5) is 0 Å². The fraction of sp³-hybridized carbons (Fsp3) is 0.643. The van der Waals surface area contributed by atoms with E-state index in [0.717, 1.165) is 36.4 Å². The molecule has 5 nitrogen and oxygen atoms in total. The minimum absolute atomic E-state index is 0.0331. The standard InChI is InChI=1S/C14H20N2O3S/c1-3-5-11-15-9(2)13(20-11)14(19)16-7-4-6-10(16)8-12(17)18/h10H,3-8H2,1-2H3,(H,17,18). The van der Waals surface area contributed by atoms with Crippen LogP contribution in [0.3, 0.4) is 0 Å². The minimum Gasteiger partial charge on any atom is -0.481 e. The van der Waals surface area contributed by atoms with Crippen LogP contribution in [0.1, 0.15) is 53.0 Å². The normalized spacial score (nSPS) is 18.5. The first kappa shape index (κ1) is 15.0. The van der Waals surface area contributed by atoms with E-state index >= 15 is 0 Å².